The average molecular weight is 164 g/mol. The second-order valence-corrected chi connectivity index (χ2v) is 1.42. The molecule has 0 heterocycles. The van der Waals surface area contributed by atoms with E-state index < -0.39 is 12.1 Å². The fourth-order valence-electron chi connectivity index (χ4n) is 0.179. The Kier molecular flexibility index (Phi) is 9.43. The predicted octanol–water partition coefficient (Wildman–Crippen LogP) is -2.33. The summed E-state index contributed by atoms with van der Waals surface area (Å²) < 4.78 is 0. The van der Waals surface area contributed by atoms with Crippen molar-refractivity contribution in [1.82, 2.24) is 5.32 Å². The van der Waals surface area contributed by atoms with Gasteiger partial charge in [-0.25, -0.2) is 9.59 Å². The monoisotopic (exact) mass is 164 g/mol. The lowest BCUT2D eigenvalue weighted by molar-refractivity contribution is 0.242. The van der Waals surface area contributed by atoms with Gasteiger partial charge in [0, 0.05) is 6.54 Å². The standard InChI is InChI=1S/C3H8N2O2.CH4N2O/c4-3(7)5-1-2-6;2-1(3)4/h6H,1-2H2,(H3,4,5,7);(H4,2,3,4). The molecular weight excluding hydrogens is 152 g/mol. The van der Waals surface area contributed by atoms with E-state index in [0.717, 1.165) is 0 Å². The van der Waals surface area contributed by atoms with E-state index in [1.54, 1.807) is 0 Å². The summed E-state index contributed by atoms with van der Waals surface area (Å²) in [6.45, 7) is 0.165. The first kappa shape index (κ1) is 12.2. The van der Waals surface area contributed by atoms with E-state index in [-0.39, 0.29) is 13.2 Å². The Bertz CT molecular complexity index is 123. The molecular formula is C4H12N4O3. The number of nitrogens with one attached hydrogen (secondary N) is 1. The molecule has 0 spiro atoms. The summed E-state index contributed by atoms with van der Waals surface area (Å²) in [4.78, 5) is 18.8. The minimum absolute atomic E-state index is 0.0665. The molecule has 0 saturated carbocycles. The summed E-state index contributed by atoms with van der Waals surface area (Å²) in [5, 5.41) is 10.2. The SMILES string of the molecule is NC(=O)NCCO.NC(N)=O. The topological polar surface area (TPSA) is 144 Å². The van der Waals surface area contributed by atoms with Crippen molar-refractivity contribution in [3.63, 3.8) is 0 Å². The number of aliphatic hydroxyl groups is 1. The van der Waals surface area contributed by atoms with E-state index in [9.17, 15) is 4.79 Å². The molecule has 0 aromatic heterocycles. The highest BCUT2D eigenvalue weighted by Crippen LogP contribution is 1.52. The summed E-state index contributed by atoms with van der Waals surface area (Å²) in [7, 11) is 0. The van der Waals surface area contributed by atoms with E-state index in [1.807, 2.05) is 0 Å². The Hall–Kier alpha value is -1.50. The number of nitrogens with two attached hydrogens (primary N) is 3. The number of primary amides is 3. The van der Waals surface area contributed by atoms with Gasteiger partial charge in [-0.3, -0.25) is 0 Å². The number of carbonyl (C=O) groups excluding carboxylic acids is 2. The van der Waals surface area contributed by atoms with Gasteiger partial charge in [-0.2, -0.15) is 0 Å². The molecule has 7 nitrogen and oxygen atoms in total. The van der Waals surface area contributed by atoms with Gasteiger partial charge >= 0.3 is 12.1 Å². The number of rotatable bonds is 2. The van der Waals surface area contributed by atoms with Crippen LogP contribution >= 0.6 is 0 Å². The van der Waals surface area contributed by atoms with Crippen LogP contribution in [0.25, 0.3) is 0 Å². The zero-order valence-electron chi connectivity index (χ0n) is 5.91. The number of hydrogen-bond donors (Lipinski definition) is 5. The summed E-state index contributed by atoms with van der Waals surface area (Å²) in [6, 6.07) is -1.44. The van der Waals surface area contributed by atoms with Crippen molar-refractivity contribution in [3.05, 3.63) is 0 Å². The Morgan fingerprint density at radius 3 is 1.73 bits per heavy atom. The molecule has 0 aromatic carbocycles. The van der Waals surface area contributed by atoms with Crippen LogP contribution in [0.5, 0.6) is 0 Å². The third-order valence-corrected chi connectivity index (χ3v) is 0.411. The molecule has 0 rings (SSSR count). The molecule has 66 valence electrons. The van der Waals surface area contributed by atoms with Crippen molar-refractivity contribution >= 4 is 12.1 Å². The molecule has 4 amide bonds. The van der Waals surface area contributed by atoms with E-state index in [4.69, 9.17) is 9.90 Å². The zero-order valence-corrected chi connectivity index (χ0v) is 5.91. The Morgan fingerprint density at radius 1 is 1.27 bits per heavy atom. The van der Waals surface area contributed by atoms with Crippen LogP contribution in [0.1, 0.15) is 0 Å². The Balaban J connectivity index is 0. The smallest absolute Gasteiger partial charge is 0.312 e. The summed E-state index contributed by atoms with van der Waals surface area (Å²) in [5.41, 5.74) is 13.1. The lowest BCUT2D eigenvalue weighted by Gasteiger charge is -1.92. The molecule has 0 aromatic rings. The number of hydrogen-bond acceptors (Lipinski definition) is 3. The van der Waals surface area contributed by atoms with Gasteiger partial charge in [-0.1, -0.05) is 0 Å². The largest absolute Gasteiger partial charge is 0.395 e. The van der Waals surface area contributed by atoms with Crippen molar-refractivity contribution < 1.29 is 14.7 Å². The molecule has 7 heteroatoms. The van der Waals surface area contributed by atoms with Gasteiger partial charge in [-0.05, 0) is 0 Å². The summed E-state index contributed by atoms with van der Waals surface area (Å²) >= 11 is 0. The van der Waals surface area contributed by atoms with Crippen molar-refractivity contribution in [3.8, 4) is 0 Å². The first-order valence-electron chi connectivity index (χ1n) is 2.69. The quantitative estimate of drug-likeness (QED) is 0.312. The summed E-state index contributed by atoms with van der Waals surface area (Å²) in [5.74, 6) is 0. The highest BCUT2D eigenvalue weighted by molar-refractivity contribution is 5.71. The van der Waals surface area contributed by atoms with E-state index in [1.165, 1.54) is 0 Å². The lowest BCUT2D eigenvalue weighted by Crippen LogP contribution is -2.31. The Labute approximate surface area is 63.5 Å². The van der Waals surface area contributed by atoms with Gasteiger partial charge in [0.15, 0.2) is 0 Å². The second kappa shape index (κ2) is 8.50. The van der Waals surface area contributed by atoms with Gasteiger partial charge in [0.1, 0.15) is 0 Å². The molecule has 0 saturated heterocycles. The van der Waals surface area contributed by atoms with Crippen molar-refractivity contribution in [2.24, 2.45) is 17.2 Å². The molecule has 0 fully saturated rings. The normalized spacial score (nSPS) is 7.36. The minimum Gasteiger partial charge on any atom is -0.395 e. The molecule has 0 atom stereocenters. The van der Waals surface area contributed by atoms with Gasteiger partial charge in [0.05, 0.1) is 6.61 Å². The molecule has 11 heavy (non-hydrogen) atoms. The lowest BCUT2D eigenvalue weighted by atomic mass is 10.7. The maximum absolute atomic E-state index is 9.76. The van der Waals surface area contributed by atoms with E-state index >= 15 is 0 Å². The van der Waals surface area contributed by atoms with Gasteiger partial charge in [-0.15, -0.1) is 0 Å². The highest BCUT2D eigenvalue weighted by Gasteiger charge is 1.84. The molecule has 0 aliphatic heterocycles. The van der Waals surface area contributed by atoms with E-state index in [2.05, 4.69) is 22.5 Å². The number of urea groups is 2. The van der Waals surface area contributed by atoms with Crippen LogP contribution in [-0.2, 0) is 0 Å². The van der Waals surface area contributed by atoms with E-state index in [0.29, 0.717) is 0 Å². The van der Waals surface area contributed by atoms with Gasteiger partial charge < -0.3 is 27.6 Å². The fraction of sp³-hybridized carbons (Fsp3) is 0.500. The van der Waals surface area contributed by atoms with Crippen molar-refractivity contribution in [1.29, 1.82) is 0 Å². The molecule has 0 radical (unpaired) electrons. The van der Waals surface area contributed by atoms with Crippen LogP contribution in [0.2, 0.25) is 0 Å². The van der Waals surface area contributed by atoms with Gasteiger partial charge in [0.2, 0.25) is 0 Å². The Morgan fingerprint density at radius 2 is 1.64 bits per heavy atom. The van der Waals surface area contributed by atoms with Crippen LogP contribution in [0.4, 0.5) is 9.59 Å². The van der Waals surface area contributed by atoms with Crippen LogP contribution in [0.3, 0.4) is 0 Å². The minimum atomic E-state index is -0.833. The maximum atomic E-state index is 9.76. The van der Waals surface area contributed by atoms with Crippen LogP contribution in [0.15, 0.2) is 0 Å². The molecule has 0 unspecified atom stereocenters. The predicted molar refractivity (Wildman–Crippen MR) is 38.4 cm³/mol. The van der Waals surface area contributed by atoms with Crippen LogP contribution in [0, 0.1) is 0 Å². The average Bonchev–Trinajstić information content (AvgIpc) is 1.82. The highest BCUT2D eigenvalue weighted by atomic mass is 16.3. The summed E-state index contributed by atoms with van der Waals surface area (Å²) in [6.07, 6.45) is 0. The molecule has 0 aliphatic rings. The fourth-order valence-corrected chi connectivity index (χ4v) is 0.179. The maximum Gasteiger partial charge on any atom is 0.312 e. The third-order valence-electron chi connectivity index (χ3n) is 0.411. The molecule has 8 N–H and O–H groups in total. The first-order valence-corrected chi connectivity index (χ1v) is 2.69. The number of aliphatic hydroxyl groups excluding tert-OH is 1. The van der Waals surface area contributed by atoms with Crippen molar-refractivity contribution in [2.75, 3.05) is 13.2 Å². The van der Waals surface area contributed by atoms with Crippen LogP contribution in [-0.4, -0.2) is 30.3 Å². The van der Waals surface area contributed by atoms with Crippen LogP contribution < -0.4 is 22.5 Å². The second-order valence-electron chi connectivity index (χ2n) is 1.42. The third kappa shape index (κ3) is 57.5. The molecule has 0 bridgehead atoms. The molecule has 0 aliphatic carbocycles. The number of carbonyl (C=O) groups is 2. The van der Waals surface area contributed by atoms with Gasteiger partial charge in [0.25, 0.3) is 0 Å². The number of amides is 4. The zero-order chi connectivity index (χ0) is 9.28. The first-order chi connectivity index (χ1) is 5.00. The van der Waals surface area contributed by atoms with Crippen molar-refractivity contribution in [2.45, 2.75) is 0 Å².